The first-order valence-electron chi connectivity index (χ1n) is 4.19. The molecule has 88 valence electrons. The first kappa shape index (κ1) is 12.3. The molecule has 1 rings (SSSR count). The van der Waals surface area contributed by atoms with Crippen LogP contribution in [0.4, 0.5) is 13.2 Å². The summed E-state index contributed by atoms with van der Waals surface area (Å²) in [5.74, 6) is -2.83. The van der Waals surface area contributed by atoms with Gasteiger partial charge in [0.15, 0.2) is 0 Å². The lowest BCUT2D eigenvalue weighted by atomic mass is 10.1. The molecule has 0 aliphatic carbocycles. The molecule has 0 aromatic carbocycles. The molecule has 1 aromatic rings. The van der Waals surface area contributed by atoms with Crippen LogP contribution in [0.5, 0.6) is 5.75 Å². The van der Waals surface area contributed by atoms with E-state index in [0.717, 1.165) is 7.11 Å². The van der Waals surface area contributed by atoms with E-state index in [1.165, 1.54) is 0 Å². The van der Waals surface area contributed by atoms with Crippen molar-refractivity contribution in [1.82, 2.24) is 4.98 Å². The molecule has 0 unspecified atom stereocenters. The maximum atomic E-state index is 12.9. The van der Waals surface area contributed by atoms with Crippen molar-refractivity contribution >= 4 is 5.97 Å². The second kappa shape index (κ2) is 4.82. The molecule has 16 heavy (non-hydrogen) atoms. The van der Waals surface area contributed by atoms with Gasteiger partial charge in [0.25, 0.3) is 6.43 Å². The lowest BCUT2D eigenvalue weighted by Crippen LogP contribution is -2.09. The predicted molar refractivity (Wildman–Crippen MR) is 47.0 cm³/mol. The summed E-state index contributed by atoms with van der Waals surface area (Å²) in [5, 5.41) is 8.48. The zero-order valence-electron chi connectivity index (χ0n) is 8.21. The standard InChI is InChI=1S/C9H8F3NO3/c1-16-5-3-6(10)13-4(2-7(14)15)8(5)9(11)12/h3,9H,2H2,1H3,(H,14,15). The number of halogens is 3. The van der Waals surface area contributed by atoms with Crippen molar-refractivity contribution in [2.45, 2.75) is 12.8 Å². The van der Waals surface area contributed by atoms with Gasteiger partial charge < -0.3 is 9.84 Å². The molecule has 0 spiro atoms. The molecule has 0 saturated heterocycles. The smallest absolute Gasteiger partial charge is 0.309 e. The van der Waals surface area contributed by atoms with E-state index in [1.54, 1.807) is 0 Å². The Morgan fingerprint density at radius 2 is 2.25 bits per heavy atom. The van der Waals surface area contributed by atoms with E-state index in [0.29, 0.717) is 6.07 Å². The number of hydrogen-bond acceptors (Lipinski definition) is 3. The average molecular weight is 235 g/mol. The Kier molecular flexibility index (Phi) is 3.70. The van der Waals surface area contributed by atoms with E-state index < -0.39 is 41.8 Å². The third kappa shape index (κ3) is 2.62. The largest absolute Gasteiger partial charge is 0.496 e. The summed E-state index contributed by atoms with van der Waals surface area (Å²) in [6, 6.07) is 0.687. The van der Waals surface area contributed by atoms with Crippen LogP contribution in [0.25, 0.3) is 0 Å². The number of ether oxygens (including phenoxy) is 1. The lowest BCUT2D eigenvalue weighted by Gasteiger charge is -2.11. The molecule has 1 heterocycles. The first-order valence-corrected chi connectivity index (χ1v) is 4.19. The van der Waals surface area contributed by atoms with Crippen LogP contribution in [0.2, 0.25) is 0 Å². The van der Waals surface area contributed by atoms with Crippen LogP contribution in [-0.2, 0) is 11.2 Å². The molecule has 1 aromatic heterocycles. The monoisotopic (exact) mass is 235 g/mol. The second-order valence-corrected chi connectivity index (χ2v) is 2.88. The van der Waals surface area contributed by atoms with Gasteiger partial charge >= 0.3 is 5.97 Å². The number of aromatic nitrogens is 1. The summed E-state index contributed by atoms with van der Waals surface area (Å²) in [4.78, 5) is 13.5. The van der Waals surface area contributed by atoms with Crippen molar-refractivity contribution in [2.75, 3.05) is 7.11 Å². The van der Waals surface area contributed by atoms with Crippen molar-refractivity contribution < 1.29 is 27.8 Å². The van der Waals surface area contributed by atoms with Crippen molar-refractivity contribution in [2.24, 2.45) is 0 Å². The van der Waals surface area contributed by atoms with Gasteiger partial charge in [-0.05, 0) is 0 Å². The lowest BCUT2D eigenvalue weighted by molar-refractivity contribution is -0.136. The fourth-order valence-electron chi connectivity index (χ4n) is 1.23. The summed E-state index contributed by atoms with van der Waals surface area (Å²) in [5.41, 5.74) is -1.22. The predicted octanol–water partition coefficient (Wildman–Crippen LogP) is 1.79. The molecule has 0 aliphatic heterocycles. The highest BCUT2D eigenvalue weighted by molar-refractivity contribution is 5.70. The quantitative estimate of drug-likeness (QED) is 0.808. The van der Waals surface area contributed by atoms with Crippen LogP contribution in [0.3, 0.4) is 0 Å². The fraction of sp³-hybridized carbons (Fsp3) is 0.333. The molecule has 0 atom stereocenters. The van der Waals surface area contributed by atoms with E-state index in [-0.39, 0.29) is 0 Å². The van der Waals surface area contributed by atoms with Crippen LogP contribution in [-0.4, -0.2) is 23.2 Å². The molecule has 4 nitrogen and oxygen atoms in total. The van der Waals surface area contributed by atoms with Crippen LogP contribution < -0.4 is 4.74 Å². The number of nitrogens with zero attached hydrogens (tertiary/aromatic N) is 1. The molecule has 0 amide bonds. The van der Waals surface area contributed by atoms with E-state index in [4.69, 9.17) is 5.11 Å². The van der Waals surface area contributed by atoms with E-state index in [1.807, 2.05) is 0 Å². The molecule has 0 bridgehead atoms. The van der Waals surface area contributed by atoms with Crippen LogP contribution in [0.15, 0.2) is 6.07 Å². The van der Waals surface area contributed by atoms with E-state index in [9.17, 15) is 18.0 Å². The van der Waals surface area contributed by atoms with Crippen LogP contribution in [0.1, 0.15) is 17.7 Å². The minimum Gasteiger partial charge on any atom is -0.496 e. The zero-order valence-corrected chi connectivity index (χ0v) is 8.21. The Morgan fingerprint density at radius 1 is 1.62 bits per heavy atom. The van der Waals surface area contributed by atoms with Crippen LogP contribution in [0, 0.1) is 5.95 Å². The van der Waals surface area contributed by atoms with Gasteiger partial charge in [-0.15, -0.1) is 0 Å². The highest BCUT2D eigenvalue weighted by Crippen LogP contribution is 2.31. The topological polar surface area (TPSA) is 59.4 Å². The number of carboxylic acids is 1. The zero-order chi connectivity index (χ0) is 12.3. The Bertz CT molecular complexity index is 409. The van der Waals surface area contributed by atoms with Gasteiger partial charge in [-0.25, -0.2) is 13.8 Å². The van der Waals surface area contributed by atoms with Gasteiger partial charge in [0.2, 0.25) is 5.95 Å². The third-order valence-corrected chi connectivity index (χ3v) is 1.83. The normalized spacial score (nSPS) is 10.6. The average Bonchev–Trinajstić information content (AvgIpc) is 2.14. The summed E-state index contributed by atoms with van der Waals surface area (Å²) in [6.07, 6.45) is -3.76. The maximum absolute atomic E-state index is 12.9. The Balaban J connectivity index is 3.32. The molecule has 0 fully saturated rings. The minimum atomic E-state index is -2.97. The fourth-order valence-corrected chi connectivity index (χ4v) is 1.23. The Labute approximate surface area is 88.7 Å². The molecular weight excluding hydrogens is 227 g/mol. The van der Waals surface area contributed by atoms with Crippen molar-refractivity contribution in [3.05, 3.63) is 23.3 Å². The second-order valence-electron chi connectivity index (χ2n) is 2.88. The van der Waals surface area contributed by atoms with Gasteiger partial charge in [-0.3, -0.25) is 4.79 Å². The first-order chi connectivity index (χ1) is 7.45. The number of rotatable bonds is 4. The Morgan fingerprint density at radius 3 is 2.69 bits per heavy atom. The van der Waals surface area contributed by atoms with Crippen molar-refractivity contribution in [3.63, 3.8) is 0 Å². The van der Waals surface area contributed by atoms with Gasteiger partial charge in [-0.1, -0.05) is 0 Å². The van der Waals surface area contributed by atoms with Gasteiger partial charge in [-0.2, -0.15) is 4.39 Å². The highest BCUT2D eigenvalue weighted by Gasteiger charge is 2.23. The number of methoxy groups -OCH3 is 1. The van der Waals surface area contributed by atoms with E-state index in [2.05, 4.69) is 9.72 Å². The third-order valence-electron chi connectivity index (χ3n) is 1.83. The maximum Gasteiger partial charge on any atom is 0.309 e. The number of aliphatic carboxylic acids is 1. The van der Waals surface area contributed by atoms with Gasteiger partial charge in [0.1, 0.15) is 5.75 Å². The molecule has 0 saturated carbocycles. The molecule has 7 heteroatoms. The van der Waals surface area contributed by atoms with E-state index >= 15 is 0 Å². The summed E-state index contributed by atoms with van der Waals surface area (Å²) in [7, 11) is 1.09. The SMILES string of the molecule is COc1cc(F)nc(CC(=O)O)c1C(F)F. The number of hydrogen-bond donors (Lipinski definition) is 1. The van der Waals surface area contributed by atoms with Crippen molar-refractivity contribution in [1.29, 1.82) is 0 Å². The van der Waals surface area contributed by atoms with Gasteiger partial charge in [0, 0.05) is 6.07 Å². The molecule has 0 radical (unpaired) electrons. The summed E-state index contributed by atoms with van der Waals surface area (Å²) >= 11 is 0. The highest BCUT2D eigenvalue weighted by atomic mass is 19.3. The summed E-state index contributed by atoms with van der Waals surface area (Å²) < 4.78 is 42.7. The minimum absolute atomic E-state index is 0.404. The summed E-state index contributed by atoms with van der Waals surface area (Å²) in [6.45, 7) is 0. The molecule has 0 aliphatic rings. The van der Waals surface area contributed by atoms with Gasteiger partial charge in [0.05, 0.1) is 24.8 Å². The number of carboxylic acid groups (broad SMARTS) is 1. The van der Waals surface area contributed by atoms with Crippen LogP contribution >= 0.6 is 0 Å². The molecule has 1 N–H and O–H groups in total. The number of carbonyl (C=O) groups is 1. The Hall–Kier alpha value is -1.79. The van der Waals surface area contributed by atoms with Crippen molar-refractivity contribution in [3.8, 4) is 5.75 Å². The number of pyridine rings is 1. The molecular formula is C9H8F3NO3. The number of alkyl halides is 2.